The Morgan fingerprint density at radius 1 is 0.818 bits per heavy atom. The maximum atomic E-state index is 11.7. The third-order valence-corrected chi connectivity index (χ3v) is 3.15. The molecular weight excluding hydrogens is 284 g/mol. The lowest BCUT2D eigenvalue weighted by Gasteiger charge is -2.13. The lowest BCUT2D eigenvalue weighted by Crippen LogP contribution is -2.04. The average Bonchev–Trinajstić information content (AvgIpc) is 2.36. The molecule has 1 aromatic rings. The Morgan fingerprint density at radius 3 is 1.41 bits per heavy atom. The Kier molecular flexibility index (Phi) is 5.51. The third kappa shape index (κ3) is 3.75. The first kappa shape index (κ1) is 17.5. The Morgan fingerprint density at radius 2 is 1.18 bits per heavy atom. The SMILES string of the molecule is COc1cc(/C(C(C)=O)=C(\C)O)cc(/C(C(C)=O)=C(\C)O)c1. The molecule has 0 saturated heterocycles. The number of Topliss-reactive ketones (excluding diaryl/α,β-unsaturated/α-hetero) is 2. The van der Waals surface area contributed by atoms with Gasteiger partial charge in [0.25, 0.3) is 0 Å². The molecule has 0 atom stereocenters. The summed E-state index contributed by atoms with van der Waals surface area (Å²) in [5.41, 5.74) is 1.11. The summed E-state index contributed by atoms with van der Waals surface area (Å²) in [5.74, 6) is -0.462. The van der Waals surface area contributed by atoms with Gasteiger partial charge in [-0.05, 0) is 57.0 Å². The number of hydrogen-bond donors (Lipinski definition) is 2. The molecule has 0 aliphatic rings. The molecule has 0 radical (unpaired) electrons. The van der Waals surface area contributed by atoms with E-state index in [2.05, 4.69) is 0 Å². The number of ether oxygens (including phenoxy) is 1. The molecule has 2 N–H and O–H groups in total. The highest BCUT2D eigenvalue weighted by Crippen LogP contribution is 2.30. The van der Waals surface area contributed by atoms with Gasteiger partial charge in [-0.1, -0.05) is 0 Å². The van der Waals surface area contributed by atoms with Crippen molar-refractivity contribution in [3.05, 3.63) is 40.8 Å². The molecule has 0 fully saturated rings. The van der Waals surface area contributed by atoms with Crippen LogP contribution in [0.2, 0.25) is 0 Å². The van der Waals surface area contributed by atoms with Crippen LogP contribution in [-0.4, -0.2) is 28.9 Å². The number of aliphatic hydroxyl groups is 2. The highest BCUT2D eigenvalue weighted by Gasteiger charge is 2.17. The number of carbonyl (C=O) groups excluding carboxylic acids is 2. The zero-order valence-electron chi connectivity index (χ0n) is 13.4. The quantitative estimate of drug-likeness (QED) is 0.643. The fraction of sp³-hybridized carbons (Fsp3) is 0.294. The van der Waals surface area contributed by atoms with Gasteiger partial charge in [-0.15, -0.1) is 0 Å². The number of aliphatic hydroxyl groups excluding tert-OH is 2. The second kappa shape index (κ2) is 6.93. The monoisotopic (exact) mass is 304 g/mol. The fourth-order valence-electron chi connectivity index (χ4n) is 2.34. The number of rotatable bonds is 5. The van der Waals surface area contributed by atoms with Gasteiger partial charge in [-0.25, -0.2) is 0 Å². The molecule has 5 nitrogen and oxygen atoms in total. The van der Waals surface area contributed by atoms with Crippen LogP contribution in [0.1, 0.15) is 38.8 Å². The van der Waals surface area contributed by atoms with Gasteiger partial charge >= 0.3 is 0 Å². The first-order valence-electron chi connectivity index (χ1n) is 6.70. The summed E-state index contributed by atoms with van der Waals surface area (Å²) < 4.78 is 5.18. The van der Waals surface area contributed by atoms with Crippen LogP contribution < -0.4 is 4.74 Å². The predicted molar refractivity (Wildman–Crippen MR) is 84.8 cm³/mol. The van der Waals surface area contributed by atoms with Gasteiger partial charge in [0.05, 0.1) is 18.3 Å². The van der Waals surface area contributed by atoms with Crippen LogP contribution in [0.3, 0.4) is 0 Å². The molecule has 5 heteroatoms. The van der Waals surface area contributed by atoms with Crippen molar-refractivity contribution in [3.8, 4) is 5.75 Å². The minimum atomic E-state index is -0.312. The van der Waals surface area contributed by atoms with E-state index in [1.54, 1.807) is 18.2 Å². The summed E-state index contributed by atoms with van der Waals surface area (Å²) in [4.78, 5) is 23.5. The summed E-state index contributed by atoms with van der Waals surface area (Å²) in [6.07, 6.45) is 0. The van der Waals surface area contributed by atoms with E-state index >= 15 is 0 Å². The molecule has 0 amide bonds. The maximum absolute atomic E-state index is 11.7. The molecule has 0 bridgehead atoms. The van der Waals surface area contributed by atoms with Crippen molar-refractivity contribution >= 4 is 22.7 Å². The maximum Gasteiger partial charge on any atom is 0.163 e. The van der Waals surface area contributed by atoms with Gasteiger partial charge in [-0.2, -0.15) is 0 Å². The summed E-state index contributed by atoms with van der Waals surface area (Å²) >= 11 is 0. The number of hydrogen-bond acceptors (Lipinski definition) is 5. The van der Waals surface area contributed by atoms with Gasteiger partial charge in [0.2, 0.25) is 0 Å². The molecule has 0 aromatic heterocycles. The first-order chi connectivity index (χ1) is 10.2. The average molecular weight is 304 g/mol. The normalized spacial score (nSPS) is 13.1. The van der Waals surface area contributed by atoms with E-state index in [0.717, 1.165) is 0 Å². The molecule has 22 heavy (non-hydrogen) atoms. The Balaban J connectivity index is 3.69. The molecule has 0 unspecified atom stereocenters. The Bertz CT molecular complexity index is 618. The lowest BCUT2D eigenvalue weighted by atomic mass is 9.94. The van der Waals surface area contributed by atoms with Gasteiger partial charge in [0.1, 0.15) is 17.3 Å². The minimum Gasteiger partial charge on any atom is -0.512 e. The highest BCUT2D eigenvalue weighted by atomic mass is 16.5. The van der Waals surface area contributed by atoms with Crippen LogP contribution in [0.5, 0.6) is 5.75 Å². The Hall–Kier alpha value is -2.56. The zero-order valence-corrected chi connectivity index (χ0v) is 13.4. The fourth-order valence-corrected chi connectivity index (χ4v) is 2.34. The van der Waals surface area contributed by atoms with Gasteiger partial charge in [-0.3, -0.25) is 9.59 Å². The van der Waals surface area contributed by atoms with Crippen molar-refractivity contribution in [2.45, 2.75) is 27.7 Å². The lowest BCUT2D eigenvalue weighted by molar-refractivity contribution is -0.112. The summed E-state index contributed by atoms with van der Waals surface area (Å²) in [7, 11) is 1.45. The molecule has 0 aliphatic carbocycles. The molecule has 0 spiro atoms. The minimum absolute atomic E-state index is 0.124. The topological polar surface area (TPSA) is 83.8 Å². The van der Waals surface area contributed by atoms with Crippen LogP contribution in [0.15, 0.2) is 29.7 Å². The van der Waals surface area contributed by atoms with Gasteiger partial charge in [0.15, 0.2) is 11.6 Å². The van der Waals surface area contributed by atoms with E-state index in [-0.39, 0.29) is 34.2 Å². The van der Waals surface area contributed by atoms with E-state index in [1.165, 1.54) is 34.8 Å². The van der Waals surface area contributed by atoms with Crippen molar-refractivity contribution in [1.82, 2.24) is 0 Å². The molecular formula is C17H20O5. The highest BCUT2D eigenvalue weighted by molar-refractivity contribution is 6.22. The number of carbonyl (C=O) groups is 2. The summed E-state index contributed by atoms with van der Waals surface area (Å²) in [6.45, 7) is 5.50. The molecule has 1 rings (SSSR count). The first-order valence-corrected chi connectivity index (χ1v) is 6.70. The summed E-state index contributed by atoms with van der Waals surface area (Å²) in [5, 5.41) is 19.5. The molecule has 0 aliphatic heterocycles. The van der Waals surface area contributed by atoms with E-state index < -0.39 is 0 Å². The van der Waals surface area contributed by atoms with Crippen molar-refractivity contribution in [1.29, 1.82) is 0 Å². The number of benzene rings is 1. The van der Waals surface area contributed by atoms with Crippen LogP contribution in [0.4, 0.5) is 0 Å². The number of ketones is 2. The zero-order chi connectivity index (χ0) is 17.0. The van der Waals surface area contributed by atoms with E-state index in [0.29, 0.717) is 16.9 Å². The van der Waals surface area contributed by atoms with Crippen molar-refractivity contribution < 1.29 is 24.5 Å². The molecule has 0 saturated carbocycles. The second-order valence-corrected chi connectivity index (χ2v) is 4.98. The number of allylic oxidation sites excluding steroid dienone is 4. The standard InChI is InChI=1S/C17H20O5/c1-9(18)16(10(2)19)13-6-14(8-15(7-13)22-5)17(11(3)20)12(4)21/h6-8,18,20H,1-5H3/b16-9+,17-11+. The van der Waals surface area contributed by atoms with Crippen LogP contribution in [0, 0.1) is 0 Å². The smallest absolute Gasteiger partial charge is 0.163 e. The van der Waals surface area contributed by atoms with E-state index in [9.17, 15) is 19.8 Å². The van der Waals surface area contributed by atoms with Crippen molar-refractivity contribution in [2.24, 2.45) is 0 Å². The number of methoxy groups -OCH3 is 1. The Labute approximate surface area is 129 Å². The van der Waals surface area contributed by atoms with Crippen molar-refractivity contribution in [3.63, 3.8) is 0 Å². The van der Waals surface area contributed by atoms with Crippen molar-refractivity contribution in [2.75, 3.05) is 7.11 Å². The van der Waals surface area contributed by atoms with Gasteiger partial charge in [0, 0.05) is 0 Å². The van der Waals surface area contributed by atoms with Crippen LogP contribution in [0.25, 0.3) is 11.1 Å². The van der Waals surface area contributed by atoms with E-state index in [4.69, 9.17) is 4.74 Å². The second-order valence-electron chi connectivity index (χ2n) is 4.98. The van der Waals surface area contributed by atoms with Gasteiger partial charge < -0.3 is 14.9 Å². The largest absolute Gasteiger partial charge is 0.512 e. The predicted octanol–water partition coefficient (Wildman–Crippen LogP) is 3.45. The molecule has 118 valence electrons. The third-order valence-electron chi connectivity index (χ3n) is 3.15. The molecule has 0 heterocycles. The van der Waals surface area contributed by atoms with Crippen LogP contribution in [-0.2, 0) is 9.59 Å². The van der Waals surface area contributed by atoms with Crippen LogP contribution >= 0.6 is 0 Å². The molecule has 1 aromatic carbocycles. The van der Waals surface area contributed by atoms with E-state index in [1.807, 2.05) is 0 Å². The summed E-state index contributed by atoms with van der Waals surface area (Å²) in [6, 6.07) is 4.74.